The Morgan fingerprint density at radius 1 is 1.07 bits per heavy atom. The topological polar surface area (TPSA) is 96.3 Å². The highest BCUT2D eigenvalue weighted by Gasteiger charge is 2.14. The summed E-state index contributed by atoms with van der Waals surface area (Å²) in [5.41, 5.74) is 0.00674. The van der Waals surface area contributed by atoms with Gasteiger partial charge in [-0.15, -0.1) is 0 Å². The van der Waals surface area contributed by atoms with E-state index in [1.54, 1.807) is 10.9 Å². The van der Waals surface area contributed by atoms with Crippen molar-refractivity contribution in [2.24, 2.45) is 0 Å². The Kier molecular flexibility index (Phi) is 6.18. The number of hydrogen-bond donors (Lipinski definition) is 3. The van der Waals surface area contributed by atoms with Gasteiger partial charge in [0, 0.05) is 48.9 Å². The van der Waals surface area contributed by atoms with Crippen LogP contribution in [-0.4, -0.2) is 33.2 Å². The number of aromatic nitrogens is 2. The standard InChI is InChI=1S/C20H18F2N4O3/c21-14-9-13(10-15(22)11-14)19(28)25-16-3-4-17(18(27)12-16)20(29)23-5-1-7-26-8-2-6-24-26/h2-4,6,8-12,27H,1,5,7H2,(H,23,29)(H,25,28). The van der Waals surface area contributed by atoms with E-state index < -0.39 is 23.4 Å². The van der Waals surface area contributed by atoms with E-state index in [0.717, 1.165) is 12.1 Å². The molecule has 9 heteroatoms. The first-order chi connectivity index (χ1) is 13.9. The van der Waals surface area contributed by atoms with Gasteiger partial charge in [-0.3, -0.25) is 14.3 Å². The van der Waals surface area contributed by atoms with Crippen molar-refractivity contribution in [1.29, 1.82) is 0 Å². The zero-order valence-corrected chi connectivity index (χ0v) is 15.2. The van der Waals surface area contributed by atoms with E-state index in [1.165, 1.54) is 18.2 Å². The zero-order valence-electron chi connectivity index (χ0n) is 15.2. The molecule has 3 rings (SSSR count). The van der Waals surface area contributed by atoms with Crippen LogP contribution in [0.3, 0.4) is 0 Å². The second kappa shape index (κ2) is 8.96. The van der Waals surface area contributed by atoms with Crippen molar-refractivity contribution in [3.05, 3.63) is 77.6 Å². The molecule has 0 atom stereocenters. The van der Waals surface area contributed by atoms with E-state index in [0.29, 0.717) is 25.6 Å². The van der Waals surface area contributed by atoms with Gasteiger partial charge in [-0.25, -0.2) is 8.78 Å². The second-order valence-corrected chi connectivity index (χ2v) is 6.22. The van der Waals surface area contributed by atoms with Gasteiger partial charge in [-0.05, 0) is 36.8 Å². The number of nitrogens with zero attached hydrogens (tertiary/aromatic N) is 2. The van der Waals surface area contributed by atoms with Crippen molar-refractivity contribution >= 4 is 17.5 Å². The number of phenolic OH excluding ortho intramolecular Hbond substituents is 1. The average Bonchev–Trinajstić information content (AvgIpc) is 3.18. The fourth-order valence-corrected chi connectivity index (χ4v) is 2.66. The number of aromatic hydroxyl groups is 1. The molecule has 0 saturated carbocycles. The SMILES string of the molecule is O=C(Nc1ccc(C(=O)NCCCn2cccn2)c(O)c1)c1cc(F)cc(F)c1. The van der Waals surface area contributed by atoms with E-state index in [2.05, 4.69) is 15.7 Å². The van der Waals surface area contributed by atoms with Crippen LogP contribution in [0, 0.1) is 11.6 Å². The third-order valence-corrected chi connectivity index (χ3v) is 4.03. The first-order valence-corrected chi connectivity index (χ1v) is 8.78. The molecule has 3 N–H and O–H groups in total. The van der Waals surface area contributed by atoms with E-state index in [1.807, 2.05) is 12.3 Å². The smallest absolute Gasteiger partial charge is 0.255 e. The molecule has 3 aromatic rings. The lowest BCUT2D eigenvalue weighted by atomic mass is 10.1. The molecule has 0 spiro atoms. The van der Waals surface area contributed by atoms with Gasteiger partial charge < -0.3 is 15.7 Å². The Balaban J connectivity index is 1.57. The number of benzene rings is 2. The fourth-order valence-electron chi connectivity index (χ4n) is 2.66. The molecule has 0 aliphatic heterocycles. The Hall–Kier alpha value is -3.75. The number of carbonyl (C=O) groups is 2. The van der Waals surface area contributed by atoms with Crippen LogP contribution in [0.25, 0.3) is 0 Å². The minimum absolute atomic E-state index is 0.0406. The lowest BCUT2D eigenvalue weighted by molar-refractivity contribution is 0.0949. The maximum atomic E-state index is 13.2. The number of carbonyl (C=O) groups excluding carboxylic acids is 2. The van der Waals surface area contributed by atoms with Crippen molar-refractivity contribution in [3.8, 4) is 5.75 Å². The predicted molar refractivity (Wildman–Crippen MR) is 102 cm³/mol. The van der Waals surface area contributed by atoms with Crippen LogP contribution in [0.4, 0.5) is 14.5 Å². The number of halogens is 2. The molecular formula is C20H18F2N4O3. The van der Waals surface area contributed by atoms with Crippen LogP contribution in [0.5, 0.6) is 5.75 Å². The van der Waals surface area contributed by atoms with E-state index in [-0.39, 0.29) is 22.6 Å². The number of nitrogens with one attached hydrogen (secondary N) is 2. The highest BCUT2D eigenvalue weighted by Crippen LogP contribution is 2.22. The number of phenols is 1. The summed E-state index contributed by atoms with van der Waals surface area (Å²) in [6, 6.07) is 8.19. The number of amides is 2. The van der Waals surface area contributed by atoms with Crippen LogP contribution in [0.1, 0.15) is 27.1 Å². The third kappa shape index (κ3) is 5.38. The summed E-state index contributed by atoms with van der Waals surface area (Å²) < 4.78 is 28.2. The molecule has 150 valence electrons. The van der Waals surface area contributed by atoms with Crippen LogP contribution in [-0.2, 0) is 6.54 Å². The summed E-state index contributed by atoms with van der Waals surface area (Å²) in [6.45, 7) is 1.03. The molecular weight excluding hydrogens is 382 g/mol. The molecule has 0 aliphatic rings. The predicted octanol–water partition coefficient (Wildman–Crippen LogP) is 2.94. The Labute approximate surface area is 165 Å². The van der Waals surface area contributed by atoms with E-state index in [9.17, 15) is 23.5 Å². The molecule has 2 amide bonds. The summed E-state index contributed by atoms with van der Waals surface area (Å²) in [5, 5.41) is 19.3. The van der Waals surface area contributed by atoms with Crippen LogP contribution >= 0.6 is 0 Å². The first kappa shape index (κ1) is 20.0. The monoisotopic (exact) mass is 400 g/mol. The Morgan fingerprint density at radius 2 is 1.83 bits per heavy atom. The lowest BCUT2D eigenvalue weighted by Crippen LogP contribution is -2.25. The molecule has 0 bridgehead atoms. The zero-order chi connectivity index (χ0) is 20.8. The number of rotatable bonds is 7. The molecule has 0 aliphatic carbocycles. The van der Waals surface area contributed by atoms with Gasteiger partial charge in [0.1, 0.15) is 17.4 Å². The quantitative estimate of drug-likeness (QED) is 0.532. The maximum absolute atomic E-state index is 13.2. The molecule has 0 unspecified atom stereocenters. The van der Waals surface area contributed by atoms with Crippen LogP contribution < -0.4 is 10.6 Å². The van der Waals surface area contributed by atoms with Gasteiger partial charge in [-0.2, -0.15) is 5.10 Å². The molecule has 0 fully saturated rings. The second-order valence-electron chi connectivity index (χ2n) is 6.22. The summed E-state index contributed by atoms with van der Waals surface area (Å²) in [4.78, 5) is 24.3. The van der Waals surface area contributed by atoms with E-state index >= 15 is 0 Å². The average molecular weight is 400 g/mol. The minimum Gasteiger partial charge on any atom is -0.507 e. The Morgan fingerprint density at radius 3 is 2.48 bits per heavy atom. The summed E-state index contributed by atoms with van der Waals surface area (Å²) >= 11 is 0. The largest absolute Gasteiger partial charge is 0.507 e. The van der Waals surface area contributed by atoms with Crippen molar-refractivity contribution in [2.45, 2.75) is 13.0 Å². The number of anilines is 1. The van der Waals surface area contributed by atoms with Crippen molar-refractivity contribution in [1.82, 2.24) is 15.1 Å². The van der Waals surface area contributed by atoms with Gasteiger partial charge in [-0.1, -0.05) is 0 Å². The fraction of sp³-hybridized carbons (Fsp3) is 0.150. The first-order valence-electron chi connectivity index (χ1n) is 8.78. The van der Waals surface area contributed by atoms with Crippen LogP contribution in [0.2, 0.25) is 0 Å². The normalized spacial score (nSPS) is 10.6. The van der Waals surface area contributed by atoms with Gasteiger partial charge in [0.25, 0.3) is 11.8 Å². The maximum Gasteiger partial charge on any atom is 0.255 e. The van der Waals surface area contributed by atoms with Gasteiger partial charge in [0.05, 0.1) is 5.56 Å². The van der Waals surface area contributed by atoms with Gasteiger partial charge in [0.2, 0.25) is 0 Å². The van der Waals surface area contributed by atoms with Crippen LogP contribution in [0.15, 0.2) is 54.9 Å². The lowest BCUT2D eigenvalue weighted by Gasteiger charge is -2.10. The van der Waals surface area contributed by atoms with E-state index in [4.69, 9.17) is 0 Å². The van der Waals surface area contributed by atoms with Gasteiger partial charge >= 0.3 is 0 Å². The van der Waals surface area contributed by atoms with Crippen molar-refractivity contribution < 1.29 is 23.5 Å². The Bertz CT molecular complexity index is 1000. The minimum atomic E-state index is -0.877. The molecule has 1 aromatic heterocycles. The highest BCUT2D eigenvalue weighted by atomic mass is 19.1. The molecule has 0 radical (unpaired) electrons. The van der Waals surface area contributed by atoms with Crippen molar-refractivity contribution in [3.63, 3.8) is 0 Å². The summed E-state index contributed by atoms with van der Waals surface area (Å²) in [5.74, 6) is -3.31. The molecule has 0 saturated heterocycles. The number of hydrogen-bond acceptors (Lipinski definition) is 4. The van der Waals surface area contributed by atoms with Gasteiger partial charge in [0.15, 0.2) is 0 Å². The highest BCUT2D eigenvalue weighted by molar-refractivity contribution is 6.05. The molecule has 7 nitrogen and oxygen atoms in total. The molecule has 29 heavy (non-hydrogen) atoms. The third-order valence-electron chi connectivity index (χ3n) is 4.03. The molecule has 2 aromatic carbocycles. The molecule has 1 heterocycles. The summed E-state index contributed by atoms with van der Waals surface area (Å²) in [7, 11) is 0. The summed E-state index contributed by atoms with van der Waals surface area (Å²) in [6.07, 6.45) is 4.15. The number of aryl methyl sites for hydroxylation is 1. The van der Waals surface area contributed by atoms with Crippen molar-refractivity contribution in [2.75, 3.05) is 11.9 Å².